The molecule has 2 heterocycles. The molecule has 28 heavy (non-hydrogen) atoms. The van der Waals surface area contributed by atoms with Crippen molar-refractivity contribution in [2.75, 3.05) is 11.9 Å². The molecule has 1 aromatic heterocycles. The molecule has 2 aliphatic rings. The van der Waals surface area contributed by atoms with E-state index in [1.54, 1.807) is 13.0 Å². The number of pyridine rings is 1. The average Bonchev–Trinajstić information content (AvgIpc) is 3.41. The van der Waals surface area contributed by atoms with Gasteiger partial charge < -0.3 is 20.5 Å². The molecule has 1 aliphatic heterocycles. The highest BCUT2D eigenvalue weighted by atomic mass is 19.1. The number of anilines is 1. The number of aromatic nitrogens is 1. The maximum atomic E-state index is 13.9. The van der Waals surface area contributed by atoms with Crippen LogP contribution < -0.4 is 16.2 Å². The van der Waals surface area contributed by atoms with E-state index < -0.39 is 35.2 Å². The number of fused-ring (bicyclic) bond motifs is 2. The quantitative estimate of drug-likeness (QED) is 0.751. The summed E-state index contributed by atoms with van der Waals surface area (Å²) in [5.41, 5.74) is 0.268. The van der Waals surface area contributed by atoms with Crippen LogP contribution in [0.4, 0.5) is 19.3 Å². The fraction of sp³-hybridized carbons (Fsp3) is 0.316. The van der Waals surface area contributed by atoms with Crippen molar-refractivity contribution in [3.05, 3.63) is 63.6 Å². The van der Waals surface area contributed by atoms with E-state index in [0.29, 0.717) is 24.2 Å². The number of nitrogens with zero attached hydrogens (tertiary/aromatic N) is 1. The third kappa shape index (κ3) is 3.02. The monoisotopic (exact) mass is 388 g/mol. The third-order valence-electron chi connectivity index (χ3n) is 5.22. The summed E-state index contributed by atoms with van der Waals surface area (Å²) in [5, 5.41) is 5.30. The first-order valence-corrected chi connectivity index (χ1v) is 8.87. The number of H-pyrrole nitrogens is 1. The van der Waals surface area contributed by atoms with Gasteiger partial charge in [0.25, 0.3) is 0 Å². The van der Waals surface area contributed by atoms with Gasteiger partial charge in [0.1, 0.15) is 18.2 Å². The first-order valence-electron chi connectivity index (χ1n) is 8.87. The number of hydrogen-bond donors (Lipinski definition) is 3. The van der Waals surface area contributed by atoms with Gasteiger partial charge in [-0.15, -0.1) is 0 Å². The summed E-state index contributed by atoms with van der Waals surface area (Å²) in [4.78, 5) is 40.9. The van der Waals surface area contributed by atoms with Crippen molar-refractivity contribution in [3.8, 4) is 0 Å². The number of amides is 3. The highest BCUT2D eigenvalue weighted by molar-refractivity contribution is 5.96. The van der Waals surface area contributed by atoms with Gasteiger partial charge in [-0.2, -0.15) is 0 Å². The molecule has 3 amide bonds. The smallest absolute Gasteiger partial charge is 0.323 e. The van der Waals surface area contributed by atoms with Crippen LogP contribution in [0.3, 0.4) is 0 Å². The van der Waals surface area contributed by atoms with Crippen LogP contribution in [0.1, 0.15) is 37.1 Å². The van der Waals surface area contributed by atoms with Gasteiger partial charge in [-0.3, -0.25) is 9.59 Å². The number of carbonyl (C=O) groups is 2. The van der Waals surface area contributed by atoms with Gasteiger partial charge in [0.15, 0.2) is 0 Å². The molecule has 1 aliphatic carbocycles. The molecule has 7 nitrogen and oxygen atoms in total. The van der Waals surface area contributed by atoms with E-state index in [1.165, 1.54) is 17.0 Å². The van der Waals surface area contributed by atoms with Crippen LogP contribution in [0.2, 0.25) is 0 Å². The number of benzene rings is 1. The lowest BCUT2D eigenvalue weighted by molar-refractivity contribution is -0.123. The summed E-state index contributed by atoms with van der Waals surface area (Å²) in [6, 6.07) is 4.87. The Bertz CT molecular complexity index is 1030. The van der Waals surface area contributed by atoms with Crippen molar-refractivity contribution in [3.63, 3.8) is 0 Å². The van der Waals surface area contributed by atoms with E-state index >= 15 is 0 Å². The highest BCUT2D eigenvalue weighted by Gasteiger charge is 2.56. The molecule has 1 fully saturated rings. The number of urea groups is 1. The van der Waals surface area contributed by atoms with Gasteiger partial charge in [-0.05, 0) is 31.9 Å². The van der Waals surface area contributed by atoms with Crippen molar-refractivity contribution in [1.29, 1.82) is 0 Å². The fourth-order valence-electron chi connectivity index (χ4n) is 3.68. The van der Waals surface area contributed by atoms with Crippen molar-refractivity contribution in [1.82, 2.24) is 15.2 Å². The number of aromatic amines is 1. The zero-order valence-electron chi connectivity index (χ0n) is 15.0. The zero-order chi connectivity index (χ0) is 20.1. The lowest BCUT2D eigenvalue weighted by Gasteiger charge is -2.37. The summed E-state index contributed by atoms with van der Waals surface area (Å²) in [7, 11) is 0. The second-order valence-electron chi connectivity index (χ2n) is 7.11. The second-order valence-corrected chi connectivity index (χ2v) is 7.11. The summed E-state index contributed by atoms with van der Waals surface area (Å²) >= 11 is 0. The topological polar surface area (TPSA) is 94.3 Å². The van der Waals surface area contributed by atoms with E-state index in [2.05, 4.69) is 15.6 Å². The minimum Gasteiger partial charge on any atom is -0.348 e. The van der Waals surface area contributed by atoms with Crippen LogP contribution in [-0.4, -0.2) is 28.4 Å². The van der Waals surface area contributed by atoms with Gasteiger partial charge in [-0.25, -0.2) is 13.6 Å². The molecule has 1 saturated carbocycles. The van der Waals surface area contributed by atoms with E-state index in [1.807, 2.05) is 0 Å². The zero-order valence-corrected chi connectivity index (χ0v) is 15.0. The number of hydrogen-bond acceptors (Lipinski definition) is 3. The van der Waals surface area contributed by atoms with Crippen LogP contribution in [-0.2, 0) is 10.3 Å². The first kappa shape index (κ1) is 18.1. The Hall–Kier alpha value is -3.23. The van der Waals surface area contributed by atoms with Gasteiger partial charge in [0.05, 0.1) is 23.0 Å². The molecule has 0 radical (unpaired) electrons. The minimum atomic E-state index is -0.756. The number of halogens is 2. The highest BCUT2D eigenvalue weighted by Crippen LogP contribution is 2.54. The lowest BCUT2D eigenvalue weighted by Crippen LogP contribution is -2.52. The fourth-order valence-corrected chi connectivity index (χ4v) is 3.68. The molecule has 2 aromatic rings. The predicted octanol–water partition coefficient (Wildman–Crippen LogP) is 2.37. The Kier molecular flexibility index (Phi) is 4.17. The van der Waals surface area contributed by atoms with E-state index in [9.17, 15) is 23.2 Å². The van der Waals surface area contributed by atoms with Crippen LogP contribution in [0.25, 0.3) is 0 Å². The summed E-state index contributed by atoms with van der Waals surface area (Å²) in [5.74, 6) is -1.94. The molecule has 0 bridgehead atoms. The van der Waals surface area contributed by atoms with Gasteiger partial charge in [-0.1, -0.05) is 6.07 Å². The molecule has 1 spiro atoms. The first-order chi connectivity index (χ1) is 13.3. The van der Waals surface area contributed by atoms with Crippen molar-refractivity contribution in [2.24, 2.45) is 0 Å². The Balaban J connectivity index is 1.52. The molecule has 1 atom stereocenters. The van der Waals surface area contributed by atoms with Crippen LogP contribution in [0.15, 0.2) is 35.1 Å². The molecule has 3 N–H and O–H groups in total. The van der Waals surface area contributed by atoms with Crippen molar-refractivity contribution >= 4 is 17.6 Å². The SMILES string of the molecule is C[C@H](NC(=O)CN1C(=O)Nc2ccc(=O)[nH]c2C12CC2)c1ccc(F)cc1F. The Morgan fingerprint density at radius 2 is 2.00 bits per heavy atom. The van der Waals surface area contributed by atoms with E-state index in [0.717, 1.165) is 12.1 Å². The molecular formula is C19H18F2N4O3. The molecule has 0 unspecified atom stereocenters. The molecular weight excluding hydrogens is 370 g/mol. The van der Waals surface area contributed by atoms with Gasteiger partial charge in [0, 0.05) is 17.7 Å². The standard InChI is InChI=1S/C19H18F2N4O3/c1-10(12-3-2-11(20)8-13(12)21)22-16(27)9-25-18(28)23-14-4-5-15(26)24-17(14)19(25)6-7-19/h2-5,8,10H,6-7,9H2,1H3,(H,22,27)(H,23,28)(H,24,26)/t10-/m0/s1. The minimum absolute atomic E-state index is 0.147. The number of carbonyl (C=O) groups excluding carboxylic acids is 2. The summed E-state index contributed by atoms with van der Waals surface area (Å²) < 4.78 is 27.0. The summed E-state index contributed by atoms with van der Waals surface area (Å²) in [6.07, 6.45) is 1.26. The molecule has 1 aromatic carbocycles. The Morgan fingerprint density at radius 3 is 2.68 bits per heavy atom. The predicted molar refractivity (Wildman–Crippen MR) is 96.6 cm³/mol. The van der Waals surface area contributed by atoms with Gasteiger partial charge in [0.2, 0.25) is 11.5 Å². The number of nitrogens with one attached hydrogen (secondary N) is 3. The van der Waals surface area contributed by atoms with Crippen molar-refractivity contribution in [2.45, 2.75) is 31.3 Å². The molecule has 146 valence electrons. The maximum absolute atomic E-state index is 13.9. The van der Waals surface area contributed by atoms with E-state index in [4.69, 9.17) is 0 Å². The lowest BCUT2D eigenvalue weighted by atomic mass is 10.0. The van der Waals surface area contributed by atoms with Crippen LogP contribution in [0.5, 0.6) is 0 Å². The number of rotatable bonds is 4. The maximum Gasteiger partial charge on any atom is 0.323 e. The average molecular weight is 388 g/mol. The van der Waals surface area contributed by atoms with Crippen LogP contribution >= 0.6 is 0 Å². The molecule has 4 rings (SSSR count). The molecule has 0 saturated heterocycles. The van der Waals surface area contributed by atoms with Gasteiger partial charge >= 0.3 is 6.03 Å². The second kappa shape index (κ2) is 6.43. The Morgan fingerprint density at radius 1 is 1.25 bits per heavy atom. The Labute approximate surface area is 158 Å². The molecule has 9 heteroatoms. The van der Waals surface area contributed by atoms with Crippen molar-refractivity contribution < 1.29 is 18.4 Å². The third-order valence-corrected chi connectivity index (χ3v) is 5.22. The largest absolute Gasteiger partial charge is 0.348 e. The van der Waals surface area contributed by atoms with E-state index in [-0.39, 0.29) is 17.7 Å². The normalized spacial score (nSPS) is 17.7. The van der Waals surface area contributed by atoms with Crippen LogP contribution in [0, 0.1) is 11.6 Å². The summed E-state index contributed by atoms with van der Waals surface area (Å²) in [6.45, 7) is 1.32.